The van der Waals surface area contributed by atoms with Crippen LogP contribution in [0, 0.1) is 5.92 Å². The Morgan fingerprint density at radius 1 is 1.19 bits per heavy atom. The molecule has 1 saturated carbocycles. The van der Waals surface area contributed by atoms with Crippen LogP contribution in [0.4, 0.5) is 16.3 Å². The highest BCUT2D eigenvalue weighted by molar-refractivity contribution is 5.99. The normalized spacial score (nSPS) is 17.3. The SMILES string of the molecule is CCOC(=O)C1CC(OC(=O)Nc2nn(-c3cc4c(cc3OC)NCCO4)c3cc(-c4cnn5cccnc45)ncc23)C1. The van der Waals surface area contributed by atoms with Crippen LogP contribution in [0.25, 0.3) is 33.5 Å². The molecule has 0 atom stereocenters. The van der Waals surface area contributed by atoms with Gasteiger partial charge in [0.2, 0.25) is 0 Å². The monoisotopic (exact) mass is 584 g/mol. The zero-order valence-corrected chi connectivity index (χ0v) is 23.4. The van der Waals surface area contributed by atoms with Gasteiger partial charge in [-0.3, -0.25) is 15.1 Å². The van der Waals surface area contributed by atoms with E-state index in [0.29, 0.717) is 72.0 Å². The Morgan fingerprint density at radius 2 is 2.07 bits per heavy atom. The largest absolute Gasteiger partial charge is 0.494 e. The molecule has 0 bridgehead atoms. The van der Waals surface area contributed by atoms with E-state index in [-0.39, 0.29) is 23.8 Å². The summed E-state index contributed by atoms with van der Waals surface area (Å²) < 4.78 is 25.6. The van der Waals surface area contributed by atoms with Crippen LogP contribution in [0.2, 0.25) is 0 Å². The number of pyridine rings is 1. The van der Waals surface area contributed by atoms with Crippen molar-refractivity contribution in [1.29, 1.82) is 0 Å². The van der Waals surface area contributed by atoms with E-state index in [1.54, 1.807) is 47.9 Å². The molecule has 0 spiro atoms. The van der Waals surface area contributed by atoms with Crippen LogP contribution < -0.4 is 20.1 Å². The highest BCUT2D eigenvalue weighted by atomic mass is 16.6. The molecule has 220 valence electrons. The summed E-state index contributed by atoms with van der Waals surface area (Å²) in [4.78, 5) is 34.0. The molecule has 1 aromatic carbocycles. The number of ether oxygens (including phenoxy) is 4. The van der Waals surface area contributed by atoms with Gasteiger partial charge in [-0.15, -0.1) is 5.10 Å². The van der Waals surface area contributed by atoms with Crippen molar-refractivity contribution in [3.8, 4) is 28.4 Å². The van der Waals surface area contributed by atoms with Crippen molar-refractivity contribution in [1.82, 2.24) is 29.4 Å². The second-order valence-electron chi connectivity index (χ2n) is 10.2. The molecule has 5 heterocycles. The maximum atomic E-state index is 12.9. The molecule has 2 N–H and O–H groups in total. The molecule has 5 aromatic rings. The van der Waals surface area contributed by atoms with Gasteiger partial charge in [-0.05, 0) is 31.9 Å². The molecule has 14 nitrogen and oxygen atoms in total. The topological polar surface area (TPSA) is 156 Å². The minimum atomic E-state index is -0.681. The second-order valence-corrected chi connectivity index (χ2v) is 10.2. The molecule has 14 heteroatoms. The quantitative estimate of drug-likeness (QED) is 0.268. The zero-order valence-electron chi connectivity index (χ0n) is 23.4. The molecule has 1 aliphatic carbocycles. The Bertz CT molecular complexity index is 1860. The third-order valence-corrected chi connectivity index (χ3v) is 7.51. The first-order valence-electron chi connectivity index (χ1n) is 13.9. The molecule has 1 fully saturated rings. The highest BCUT2D eigenvalue weighted by Crippen LogP contribution is 2.39. The number of rotatable bonds is 7. The maximum Gasteiger partial charge on any atom is 0.413 e. The number of esters is 1. The van der Waals surface area contributed by atoms with Gasteiger partial charge in [-0.1, -0.05) is 0 Å². The van der Waals surface area contributed by atoms with Crippen LogP contribution in [-0.2, 0) is 14.3 Å². The zero-order chi connectivity index (χ0) is 29.5. The molecule has 0 unspecified atom stereocenters. The Morgan fingerprint density at radius 3 is 2.91 bits per heavy atom. The van der Waals surface area contributed by atoms with E-state index in [1.165, 1.54) is 0 Å². The van der Waals surface area contributed by atoms with Gasteiger partial charge >= 0.3 is 12.1 Å². The van der Waals surface area contributed by atoms with E-state index < -0.39 is 6.09 Å². The lowest BCUT2D eigenvalue weighted by Crippen LogP contribution is -2.39. The van der Waals surface area contributed by atoms with E-state index in [2.05, 4.69) is 25.7 Å². The average molecular weight is 585 g/mol. The summed E-state index contributed by atoms with van der Waals surface area (Å²) in [5.41, 5.74) is 4.05. The van der Waals surface area contributed by atoms with Gasteiger partial charge in [-0.2, -0.15) is 5.10 Å². The second kappa shape index (κ2) is 10.8. The highest BCUT2D eigenvalue weighted by Gasteiger charge is 2.38. The Hall–Kier alpha value is -5.40. The van der Waals surface area contributed by atoms with E-state index in [1.807, 2.05) is 24.4 Å². The number of methoxy groups -OCH3 is 1. The lowest BCUT2D eigenvalue weighted by atomic mass is 9.82. The molecule has 0 saturated heterocycles. The number of hydrogen-bond donors (Lipinski definition) is 2. The average Bonchev–Trinajstić information content (AvgIpc) is 3.59. The molecule has 1 amide bonds. The third kappa shape index (κ3) is 4.79. The molecule has 43 heavy (non-hydrogen) atoms. The van der Waals surface area contributed by atoms with Gasteiger partial charge in [0.25, 0.3) is 0 Å². The van der Waals surface area contributed by atoms with Crippen molar-refractivity contribution in [2.45, 2.75) is 25.9 Å². The fourth-order valence-electron chi connectivity index (χ4n) is 5.32. The summed E-state index contributed by atoms with van der Waals surface area (Å²) >= 11 is 0. The minimum absolute atomic E-state index is 0.247. The number of aromatic nitrogens is 6. The van der Waals surface area contributed by atoms with Gasteiger partial charge in [0.1, 0.15) is 29.9 Å². The van der Waals surface area contributed by atoms with Crippen LogP contribution in [0.15, 0.2) is 49.1 Å². The van der Waals surface area contributed by atoms with Crippen LogP contribution in [0.5, 0.6) is 11.5 Å². The van der Waals surface area contributed by atoms with Crippen molar-refractivity contribution < 1.29 is 28.5 Å². The van der Waals surface area contributed by atoms with Crippen LogP contribution in [0.1, 0.15) is 19.8 Å². The van der Waals surface area contributed by atoms with Gasteiger partial charge in [0.15, 0.2) is 11.5 Å². The molecule has 7 rings (SSSR count). The van der Waals surface area contributed by atoms with Crippen LogP contribution in [0.3, 0.4) is 0 Å². The molecule has 1 aliphatic heterocycles. The predicted molar refractivity (Wildman–Crippen MR) is 155 cm³/mol. The number of amides is 1. The van der Waals surface area contributed by atoms with Crippen molar-refractivity contribution in [3.63, 3.8) is 0 Å². The summed E-state index contributed by atoms with van der Waals surface area (Å²) in [5, 5.41) is 15.8. The number of benzene rings is 1. The molecular weight excluding hydrogens is 556 g/mol. The van der Waals surface area contributed by atoms with Crippen molar-refractivity contribution in [2.24, 2.45) is 5.92 Å². The number of carbonyl (C=O) groups is 2. The van der Waals surface area contributed by atoms with Crippen LogP contribution >= 0.6 is 0 Å². The first-order chi connectivity index (χ1) is 21.0. The number of nitrogens with one attached hydrogen (secondary N) is 2. The molecule has 0 radical (unpaired) electrons. The lowest BCUT2D eigenvalue weighted by molar-refractivity contribution is -0.155. The van der Waals surface area contributed by atoms with E-state index >= 15 is 0 Å². The van der Waals surface area contributed by atoms with Gasteiger partial charge < -0.3 is 24.3 Å². The number of nitrogens with zero attached hydrogens (tertiary/aromatic N) is 6. The fourth-order valence-corrected chi connectivity index (χ4v) is 5.32. The van der Waals surface area contributed by atoms with Gasteiger partial charge in [-0.25, -0.2) is 19.0 Å². The van der Waals surface area contributed by atoms with Crippen molar-refractivity contribution >= 4 is 40.1 Å². The van der Waals surface area contributed by atoms with Gasteiger partial charge in [0, 0.05) is 37.3 Å². The summed E-state index contributed by atoms with van der Waals surface area (Å²) in [6.45, 7) is 3.28. The smallest absolute Gasteiger partial charge is 0.413 e. The molecular formula is C29H28N8O6. The third-order valence-electron chi connectivity index (χ3n) is 7.51. The number of hydrogen-bond acceptors (Lipinski definition) is 11. The van der Waals surface area contributed by atoms with Crippen molar-refractivity contribution in [3.05, 3.63) is 49.1 Å². The fraction of sp³-hybridized carbons (Fsp3) is 0.310. The summed E-state index contributed by atoms with van der Waals surface area (Å²) in [6.07, 6.45) is 6.61. The number of anilines is 2. The first-order valence-corrected chi connectivity index (χ1v) is 13.9. The van der Waals surface area contributed by atoms with Crippen molar-refractivity contribution in [2.75, 3.05) is 37.5 Å². The van der Waals surface area contributed by atoms with Gasteiger partial charge in [0.05, 0.1) is 53.7 Å². The number of fused-ring (bicyclic) bond motifs is 3. The Balaban J connectivity index is 1.26. The van der Waals surface area contributed by atoms with E-state index in [9.17, 15) is 9.59 Å². The molecule has 4 aromatic heterocycles. The predicted octanol–water partition coefficient (Wildman–Crippen LogP) is 3.83. The first kappa shape index (κ1) is 26.5. The number of carbonyl (C=O) groups excluding carboxylic acids is 2. The lowest BCUT2D eigenvalue weighted by Gasteiger charge is -2.32. The summed E-state index contributed by atoms with van der Waals surface area (Å²) in [7, 11) is 1.58. The summed E-state index contributed by atoms with van der Waals surface area (Å²) in [5.74, 6) is 0.918. The summed E-state index contributed by atoms with van der Waals surface area (Å²) in [6, 6.07) is 7.35. The Kier molecular flexibility index (Phi) is 6.64. The standard InChI is InChI=1S/C29H28N8O6/c1-3-41-28(38)16-9-17(10-16)43-29(39)34-26-19-14-32-20(18-15-33-36-7-4-5-31-27(18)36)11-22(19)37(35-26)23-13-24-21(12-25(23)40-2)30-6-8-42-24/h4-5,7,11-17,30H,3,6,8-10H2,1-2H3,(H,34,35,39). The minimum Gasteiger partial charge on any atom is -0.494 e. The Labute approximate surface area is 244 Å². The maximum absolute atomic E-state index is 12.9. The molecule has 2 aliphatic rings. The van der Waals surface area contributed by atoms with E-state index in [4.69, 9.17) is 24.0 Å². The van der Waals surface area contributed by atoms with Crippen LogP contribution in [-0.4, -0.2) is 74.4 Å². The van der Waals surface area contributed by atoms with E-state index in [0.717, 1.165) is 11.3 Å².